The summed E-state index contributed by atoms with van der Waals surface area (Å²) in [6, 6.07) is 6.61. The van der Waals surface area contributed by atoms with Gasteiger partial charge in [-0.25, -0.2) is 0 Å². The summed E-state index contributed by atoms with van der Waals surface area (Å²) in [4.78, 5) is 2.47. The molecule has 0 aliphatic carbocycles. The smallest absolute Gasteiger partial charge is 0.0233 e. The third-order valence-corrected chi connectivity index (χ3v) is 3.47. The molecule has 2 heteroatoms. The molecular weight excluding hydrogens is 226 g/mol. The molecule has 0 amide bonds. The first kappa shape index (κ1) is 9.22. The van der Waals surface area contributed by atoms with E-state index in [0.717, 1.165) is 6.54 Å². The Bertz CT molecular complexity index is 305. The number of halogens is 1. The van der Waals surface area contributed by atoms with Crippen molar-refractivity contribution >= 4 is 15.9 Å². The van der Waals surface area contributed by atoms with Crippen molar-refractivity contribution in [2.24, 2.45) is 0 Å². The number of nitrogens with zero attached hydrogens (tertiary/aromatic N) is 1. The van der Waals surface area contributed by atoms with E-state index in [-0.39, 0.29) is 0 Å². The highest BCUT2D eigenvalue weighted by Gasteiger charge is 2.13. The fraction of sp³-hybridized carbons (Fsp3) is 0.455. The van der Waals surface area contributed by atoms with Gasteiger partial charge in [-0.05, 0) is 43.6 Å². The Morgan fingerprint density at radius 3 is 2.69 bits per heavy atom. The number of hydrogen-bond donors (Lipinski definition) is 0. The number of hydrogen-bond acceptors (Lipinski definition) is 1. The number of rotatable bonds is 2. The van der Waals surface area contributed by atoms with Crippen LogP contribution < -0.4 is 0 Å². The lowest BCUT2D eigenvalue weighted by molar-refractivity contribution is 0.172. The zero-order valence-corrected chi connectivity index (χ0v) is 9.47. The van der Waals surface area contributed by atoms with E-state index in [2.05, 4.69) is 46.0 Å². The number of aryl methyl sites for hydroxylation is 1. The molecule has 0 N–H and O–H groups in total. The van der Waals surface area contributed by atoms with E-state index in [1.165, 1.54) is 35.1 Å². The summed E-state index contributed by atoms with van der Waals surface area (Å²) in [6.07, 6.45) is 1.37. The highest BCUT2D eigenvalue weighted by atomic mass is 79.9. The van der Waals surface area contributed by atoms with Crippen LogP contribution in [0.4, 0.5) is 0 Å². The summed E-state index contributed by atoms with van der Waals surface area (Å²) in [5.41, 5.74) is 2.76. The van der Waals surface area contributed by atoms with E-state index < -0.39 is 0 Å². The average molecular weight is 240 g/mol. The van der Waals surface area contributed by atoms with Crippen LogP contribution in [0.1, 0.15) is 17.5 Å². The zero-order chi connectivity index (χ0) is 9.26. The van der Waals surface area contributed by atoms with Crippen molar-refractivity contribution in [3.63, 3.8) is 0 Å². The monoisotopic (exact) mass is 239 g/mol. The second-order valence-corrected chi connectivity index (χ2v) is 4.57. The predicted octanol–water partition coefficient (Wildman–Crippen LogP) is 2.96. The van der Waals surface area contributed by atoms with Crippen molar-refractivity contribution in [1.29, 1.82) is 0 Å². The largest absolute Gasteiger partial charge is 0.299 e. The predicted molar refractivity (Wildman–Crippen MR) is 58.8 cm³/mol. The van der Waals surface area contributed by atoms with Gasteiger partial charge in [-0.1, -0.05) is 28.1 Å². The third kappa shape index (κ3) is 2.12. The van der Waals surface area contributed by atoms with Crippen LogP contribution in [0, 0.1) is 6.92 Å². The van der Waals surface area contributed by atoms with E-state index in [1.54, 1.807) is 0 Å². The molecule has 0 atom stereocenters. The van der Waals surface area contributed by atoms with Gasteiger partial charge in [0.25, 0.3) is 0 Å². The van der Waals surface area contributed by atoms with E-state index in [0.29, 0.717) is 0 Å². The molecule has 0 bridgehead atoms. The van der Waals surface area contributed by atoms with Crippen molar-refractivity contribution in [3.8, 4) is 0 Å². The fourth-order valence-corrected chi connectivity index (χ4v) is 1.85. The molecule has 1 aromatic rings. The quantitative estimate of drug-likeness (QED) is 0.768. The van der Waals surface area contributed by atoms with Crippen molar-refractivity contribution in [1.82, 2.24) is 4.90 Å². The summed E-state index contributed by atoms with van der Waals surface area (Å²) in [6.45, 7) is 5.81. The standard InChI is InChI=1S/C11H14BrN/c1-9-7-10(3-4-11(9)12)8-13-5-2-6-13/h3-4,7H,2,5-6,8H2,1H3. The van der Waals surface area contributed by atoms with Gasteiger partial charge in [0.05, 0.1) is 0 Å². The van der Waals surface area contributed by atoms with Crippen LogP contribution in [-0.4, -0.2) is 18.0 Å². The molecular formula is C11H14BrN. The minimum absolute atomic E-state index is 1.12. The molecule has 2 rings (SSSR count). The van der Waals surface area contributed by atoms with E-state index >= 15 is 0 Å². The molecule has 0 aromatic heterocycles. The summed E-state index contributed by atoms with van der Waals surface area (Å²) in [5, 5.41) is 0. The van der Waals surface area contributed by atoms with Gasteiger partial charge in [0, 0.05) is 11.0 Å². The van der Waals surface area contributed by atoms with Crippen molar-refractivity contribution in [2.45, 2.75) is 19.9 Å². The summed E-state index contributed by atoms with van der Waals surface area (Å²) < 4.78 is 1.21. The molecule has 1 nitrogen and oxygen atoms in total. The van der Waals surface area contributed by atoms with Crippen LogP contribution >= 0.6 is 15.9 Å². The highest BCUT2D eigenvalue weighted by molar-refractivity contribution is 9.10. The SMILES string of the molecule is Cc1cc(CN2CCC2)ccc1Br. The number of likely N-dealkylation sites (tertiary alicyclic amines) is 1. The second kappa shape index (κ2) is 3.81. The Balaban J connectivity index is 2.07. The Labute approximate surface area is 87.9 Å². The van der Waals surface area contributed by atoms with Crippen molar-refractivity contribution in [3.05, 3.63) is 33.8 Å². The van der Waals surface area contributed by atoms with Gasteiger partial charge in [-0.3, -0.25) is 4.90 Å². The van der Waals surface area contributed by atoms with Crippen LogP contribution in [-0.2, 0) is 6.54 Å². The summed E-state index contributed by atoms with van der Waals surface area (Å²) >= 11 is 3.51. The van der Waals surface area contributed by atoms with Gasteiger partial charge < -0.3 is 0 Å². The van der Waals surface area contributed by atoms with Gasteiger partial charge in [-0.2, -0.15) is 0 Å². The molecule has 13 heavy (non-hydrogen) atoms. The van der Waals surface area contributed by atoms with Gasteiger partial charge >= 0.3 is 0 Å². The maximum atomic E-state index is 3.51. The maximum absolute atomic E-state index is 3.51. The Kier molecular flexibility index (Phi) is 2.70. The second-order valence-electron chi connectivity index (χ2n) is 3.71. The fourth-order valence-electron chi connectivity index (χ4n) is 1.60. The minimum Gasteiger partial charge on any atom is -0.299 e. The lowest BCUT2D eigenvalue weighted by atomic mass is 10.1. The summed E-state index contributed by atoms with van der Waals surface area (Å²) in [7, 11) is 0. The summed E-state index contributed by atoms with van der Waals surface area (Å²) in [5.74, 6) is 0. The average Bonchev–Trinajstić information content (AvgIpc) is 2.04. The molecule has 70 valence electrons. The van der Waals surface area contributed by atoms with Gasteiger partial charge in [0.15, 0.2) is 0 Å². The zero-order valence-electron chi connectivity index (χ0n) is 7.89. The Morgan fingerprint density at radius 1 is 1.38 bits per heavy atom. The molecule has 1 fully saturated rings. The van der Waals surface area contributed by atoms with Gasteiger partial charge in [0.1, 0.15) is 0 Å². The molecule has 0 spiro atoms. The Hall–Kier alpha value is -0.340. The van der Waals surface area contributed by atoms with E-state index in [9.17, 15) is 0 Å². The van der Waals surface area contributed by atoms with Crippen LogP contribution in [0.2, 0.25) is 0 Å². The maximum Gasteiger partial charge on any atom is 0.0233 e. The van der Waals surface area contributed by atoms with Crippen LogP contribution in [0.5, 0.6) is 0 Å². The van der Waals surface area contributed by atoms with Crippen molar-refractivity contribution in [2.75, 3.05) is 13.1 Å². The normalized spacial score (nSPS) is 17.1. The molecule has 1 heterocycles. The van der Waals surface area contributed by atoms with Gasteiger partial charge in [-0.15, -0.1) is 0 Å². The Morgan fingerprint density at radius 2 is 2.15 bits per heavy atom. The lowest BCUT2D eigenvalue weighted by Crippen LogP contribution is -2.36. The minimum atomic E-state index is 1.12. The van der Waals surface area contributed by atoms with Crippen molar-refractivity contribution < 1.29 is 0 Å². The van der Waals surface area contributed by atoms with E-state index in [4.69, 9.17) is 0 Å². The van der Waals surface area contributed by atoms with E-state index in [1.807, 2.05) is 0 Å². The topological polar surface area (TPSA) is 3.24 Å². The first-order valence-electron chi connectivity index (χ1n) is 4.73. The molecule has 1 aromatic carbocycles. The van der Waals surface area contributed by atoms with Crippen LogP contribution in [0.3, 0.4) is 0 Å². The highest BCUT2D eigenvalue weighted by Crippen LogP contribution is 2.19. The van der Waals surface area contributed by atoms with Crippen LogP contribution in [0.25, 0.3) is 0 Å². The lowest BCUT2D eigenvalue weighted by Gasteiger charge is -2.30. The third-order valence-electron chi connectivity index (χ3n) is 2.58. The molecule has 1 saturated heterocycles. The molecule has 0 radical (unpaired) electrons. The molecule has 0 saturated carbocycles. The van der Waals surface area contributed by atoms with Crippen LogP contribution in [0.15, 0.2) is 22.7 Å². The van der Waals surface area contributed by atoms with Gasteiger partial charge in [0.2, 0.25) is 0 Å². The first-order chi connectivity index (χ1) is 6.25. The first-order valence-corrected chi connectivity index (χ1v) is 5.52. The molecule has 1 aliphatic heterocycles. The number of benzene rings is 1. The molecule has 0 unspecified atom stereocenters. The molecule has 1 aliphatic rings.